The van der Waals surface area contributed by atoms with Crippen LogP contribution in [0.4, 0.5) is 0 Å². The third-order valence-corrected chi connectivity index (χ3v) is 3.08. The Hall–Kier alpha value is -1.66. The van der Waals surface area contributed by atoms with Crippen molar-refractivity contribution in [2.45, 2.75) is 19.3 Å². The number of methoxy groups -OCH3 is 1. The number of thiocarbonyl (C=S) groups is 1. The van der Waals surface area contributed by atoms with E-state index in [-0.39, 0.29) is 17.5 Å². The summed E-state index contributed by atoms with van der Waals surface area (Å²) in [6, 6.07) is 7.14. The molecule has 3 N–H and O–H groups in total. The summed E-state index contributed by atoms with van der Waals surface area (Å²) in [7, 11) is 1.68. The van der Waals surface area contributed by atoms with E-state index in [0.717, 1.165) is 25.9 Å². The van der Waals surface area contributed by atoms with Gasteiger partial charge < -0.3 is 20.5 Å². The molecule has 1 aromatic carbocycles. The highest BCUT2D eigenvalue weighted by molar-refractivity contribution is 7.80. The van der Waals surface area contributed by atoms with Crippen LogP contribution in [0, 0.1) is 0 Å². The molecular formula is C15H22N2O3S. The molecule has 0 fully saturated rings. The normalized spacial score (nSPS) is 10.1. The van der Waals surface area contributed by atoms with Crippen molar-refractivity contribution in [2.24, 2.45) is 5.73 Å². The van der Waals surface area contributed by atoms with E-state index in [1.807, 2.05) is 12.1 Å². The lowest BCUT2D eigenvalue weighted by molar-refractivity contribution is -0.123. The summed E-state index contributed by atoms with van der Waals surface area (Å²) in [6.45, 7) is 1.35. The Bertz CT molecular complexity index is 466. The minimum Gasteiger partial charge on any atom is -0.483 e. The third-order valence-electron chi connectivity index (χ3n) is 2.86. The summed E-state index contributed by atoms with van der Waals surface area (Å²) in [4.78, 5) is 11.9. The average molecular weight is 310 g/mol. The van der Waals surface area contributed by atoms with Crippen LogP contribution in [-0.4, -0.2) is 37.8 Å². The molecule has 0 aromatic heterocycles. The lowest BCUT2D eigenvalue weighted by atomic mass is 10.2. The number of carbonyl (C=O) groups excluding carboxylic acids is 1. The standard InChI is InChI=1S/C15H22N2O3S/c1-19-10-6-2-5-9-17-14(18)11-20-13-8-4-3-7-12(13)15(16)21/h3-4,7-8H,2,5-6,9-11H2,1H3,(H2,16,21)(H,17,18). The summed E-state index contributed by atoms with van der Waals surface area (Å²) in [5.41, 5.74) is 6.24. The minimum atomic E-state index is -0.153. The van der Waals surface area contributed by atoms with Crippen molar-refractivity contribution >= 4 is 23.1 Å². The van der Waals surface area contributed by atoms with Crippen molar-refractivity contribution in [3.8, 4) is 5.75 Å². The largest absolute Gasteiger partial charge is 0.483 e. The molecule has 5 nitrogen and oxygen atoms in total. The van der Waals surface area contributed by atoms with Gasteiger partial charge in [-0.25, -0.2) is 0 Å². The molecule has 0 heterocycles. The molecule has 116 valence electrons. The van der Waals surface area contributed by atoms with Crippen LogP contribution in [0.2, 0.25) is 0 Å². The van der Waals surface area contributed by atoms with Crippen LogP contribution in [0.1, 0.15) is 24.8 Å². The average Bonchev–Trinajstić information content (AvgIpc) is 2.49. The van der Waals surface area contributed by atoms with Gasteiger partial charge in [-0.15, -0.1) is 0 Å². The number of ether oxygens (including phenoxy) is 2. The molecule has 1 rings (SSSR count). The van der Waals surface area contributed by atoms with Crippen LogP contribution in [0.5, 0.6) is 5.75 Å². The van der Waals surface area contributed by atoms with Gasteiger partial charge in [0.2, 0.25) is 0 Å². The molecule has 0 aliphatic rings. The van der Waals surface area contributed by atoms with Crippen LogP contribution in [-0.2, 0) is 9.53 Å². The van der Waals surface area contributed by atoms with E-state index in [0.29, 0.717) is 17.9 Å². The van der Waals surface area contributed by atoms with Crippen molar-refractivity contribution in [1.82, 2.24) is 5.32 Å². The number of rotatable bonds is 10. The van der Waals surface area contributed by atoms with Gasteiger partial charge in [-0.1, -0.05) is 24.4 Å². The topological polar surface area (TPSA) is 73.6 Å². The van der Waals surface area contributed by atoms with Crippen molar-refractivity contribution in [3.63, 3.8) is 0 Å². The van der Waals surface area contributed by atoms with E-state index < -0.39 is 0 Å². The van der Waals surface area contributed by atoms with Crippen LogP contribution >= 0.6 is 12.2 Å². The van der Waals surface area contributed by atoms with E-state index in [1.54, 1.807) is 19.2 Å². The monoisotopic (exact) mass is 310 g/mol. The highest BCUT2D eigenvalue weighted by Crippen LogP contribution is 2.17. The molecule has 6 heteroatoms. The number of unbranched alkanes of at least 4 members (excludes halogenated alkanes) is 2. The number of nitrogens with one attached hydrogen (secondary N) is 1. The number of para-hydroxylation sites is 1. The van der Waals surface area contributed by atoms with E-state index in [2.05, 4.69) is 5.32 Å². The number of carbonyl (C=O) groups is 1. The molecule has 0 aliphatic heterocycles. The minimum absolute atomic E-state index is 0.0440. The lowest BCUT2D eigenvalue weighted by Gasteiger charge is -2.10. The van der Waals surface area contributed by atoms with Gasteiger partial charge in [0.25, 0.3) is 5.91 Å². The summed E-state index contributed by atoms with van der Waals surface area (Å²) in [5.74, 6) is 0.375. The highest BCUT2D eigenvalue weighted by atomic mass is 32.1. The molecular weight excluding hydrogens is 288 g/mol. The van der Waals surface area contributed by atoms with Gasteiger partial charge in [-0.3, -0.25) is 4.79 Å². The summed E-state index contributed by atoms with van der Waals surface area (Å²) < 4.78 is 10.4. The Balaban J connectivity index is 2.26. The Kier molecular flexibility index (Phi) is 8.38. The molecule has 1 amide bonds. The lowest BCUT2D eigenvalue weighted by Crippen LogP contribution is -2.30. The second-order valence-corrected chi connectivity index (χ2v) is 4.99. The van der Waals surface area contributed by atoms with Crippen LogP contribution in [0.25, 0.3) is 0 Å². The van der Waals surface area contributed by atoms with Crippen molar-refractivity contribution in [1.29, 1.82) is 0 Å². The zero-order chi connectivity index (χ0) is 15.5. The van der Waals surface area contributed by atoms with Gasteiger partial charge in [0.15, 0.2) is 6.61 Å². The highest BCUT2D eigenvalue weighted by Gasteiger charge is 2.07. The van der Waals surface area contributed by atoms with Gasteiger partial charge in [-0.05, 0) is 31.4 Å². The summed E-state index contributed by atoms with van der Waals surface area (Å²) in [6.07, 6.45) is 2.96. The van der Waals surface area contributed by atoms with Crippen LogP contribution < -0.4 is 15.8 Å². The van der Waals surface area contributed by atoms with Crippen molar-refractivity contribution in [2.75, 3.05) is 26.9 Å². The quantitative estimate of drug-likeness (QED) is 0.507. The predicted molar refractivity (Wildman–Crippen MR) is 86.6 cm³/mol. The Morgan fingerprint density at radius 2 is 2.05 bits per heavy atom. The van der Waals surface area contributed by atoms with E-state index >= 15 is 0 Å². The first-order valence-corrected chi connectivity index (χ1v) is 7.33. The fraction of sp³-hybridized carbons (Fsp3) is 0.467. The van der Waals surface area contributed by atoms with Crippen molar-refractivity contribution < 1.29 is 14.3 Å². The zero-order valence-corrected chi connectivity index (χ0v) is 13.1. The summed E-state index contributed by atoms with van der Waals surface area (Å²) in [5, 5.41) is 2.81. The predicted octanol–water partition coefficient (Wildman–Crippen LogP) is 1.63. The zero-order valence-electron chi connectivity index (χ0n) is 12.3. The van der Waals surface area contributed by atoms with Crippen molar-refractivity contribution in [3.05, 3.63) is 29.8 Å². The molecule has 0 atom stereocenters. The number of nitrogens with two attached hydrogens (primary N) is 1. The second-order valence-electron chi connectivity index (χ2n) is 4.55. The smallest absolute Gasteiger partial charge is 0.257 e. The van der Waals surface area contributed by atoms with Gasteiger partial charge in [0.05, 0.1) is 5.56 Å². The first kappa shape index (κ1) is 17.4. The molecule has 0 saturated heterocycles. The molecule has 0 bridgehead atoms. The molecule has 0 spiro atoms. The number of hydrogen-bond acceptors (Lipinski definition) is 4. The second kappa shape index (κ2) is 10.1. The van der Waals surface area contributed by atoms with E-state index in [4.69, 9.17) is 27.4 Å². The van der Waals surface area contributed by atoms with Gasteiger partial charge >= 0.3 is 0 Å². The number of benzene rings is 1. The summed E-state index contributed by atoms with van der Waals surface area (Å²) >= 11 is 4.94. The van der Waals surface area contributed by atoms with Gasteiger partial charge in [0, 0.05) is 20.3 Å². The maximum Gasteiger partial charge on any atom is 0.257 e. The SMILES string of the molecule is COCCCCCNC(=O)COc1ccccc1C(N)=S. The number of hydrogen-bond donors (Lipinski definition) is 2. The van der Waals surface area contributed by atoms with Crippen LogP contribution in [0.3, 0.4) is 0 Å². The third kappa shape index (κ3) is 7.06. The molecule has 1 aromatic rings. The fourth-order valence-corrected chi connectivity index (χ4v) is 1.94. The van der Waals surface area contributed by atoms with Gasteiger partial charge in [0.1, 0.15) is 10.7 Å². The molecule has 0 unspecified atom stereocenters. The molecule has 0 saturated carbocycles. The Morgan fingerprint density at radius 3 is 2.76 bits per heavy atom. The van der Waals surface area contributed by atoms with E-state index in [1.165, 1.54) is 0 Å². The Labute approximate surface area is 130 Å². The first-order valence-electron chi connectivity index (χ1n) is 6.92. The van der Waals surface area contributed by atoms with E-state index in [9.17, 15) is 4.79 Å². The fourth-order valence-electron chi connectivity index (χ4n) is 1.77. The molecule has 0 aliphatic carbocycles. The molecule has 21 heavy (non-hydrogen) atoms. The van der Waals surface area contributed by atoms with Gasteiger partial charge in [-0.2, -0.15) is 0 Å². The maximum atomic E-state index is 11.7. The number of amides is 1. The maximum absolute atomic E-state index is 11.7. The Morgan fingerprint density at radius 1 is 1.29 bits per heavy atom. The van der Waals surface area contributed by atoms with Crippen LogP contribution in [0.15, 0.2) is 24.3 Å². The molecule has 0 radical (unpaired) electrons. The first-order chi connectivity index (χ1) is 10.1.